The number of aryl methyl sites for hydroxylation is 1. The zero-order chi connectivity index (χ0) is 21.1. The minimum Gasteiger partial charge on any atom is -0.325 e. The minimum atomic E-state index is -3.51. The normalized spacial score (nSPS) is 13.0. The van der Waals surface area contributed by atoms with Gasteiger partial charge in [0.2, 0.25) is 15.9 Å². The van der Waals surface area contributed by atoms with Gasteiger partial charge in [0, 0.05) is 26.0 Å². The Hall–Kier alpha value is -1.90. The van der Waals surface area contributed by atoms with Gasteiger partial charge in [-0.1, -0.05) is 43.8 Å². The van der Waals surface area contributed by atoms with Crippen LogP contribution >= 0.6 is 11.8 Å². The van der Waals surface area contributed by atoms with E-state index in [4.69, 9.17) is 0 Å². The molecule has 2 aromatic rings. The zero-order valence-corrected chi connectivity index (χ0v) is 18.7. The molecule has 1 N–H and O–H groups in total. The van der Waals surface area contributed by atoms with Gasteiger partial charge in [-0.25, -0.2) is 17.7 Å². The molecular formula is C20H27N3O3S2. The lowest BCUT2D eigenvalue weighted by Crippen LogP contribution is -2.24. The van der Waals surface area contributed by atoms with E-state index >= 15 is 0 Å². The van der Waals surface area contributed by atoms with E-state index in [9.17, 15) is 13.2 Å². The Balaban J connectivity index is 2.12. The van der Waals surface area contributed by atoms with Crippen molar-refractivity contribution in [3.63, 3.8) is 0 Å². The molecule has 0 spiro atoms. The number of amides is 1. The van der Waals surface area contributed by atoms with Crippen LogP contribution in [0.2, 0.25) is 0 Å². The van der Waals surface area contributed by atoms with Crippen molar-refractivity contribution >= 4 is 33.4 Å². The largest absolute Gasteiger partial charge is 0.325 e. The highest BCUT2D eigenvalue weighted by atomic mass is 32.2. The summed E-state index contributed by atoms with van der Waals surface area (Å²) in [4.78, 5) is 17.0. The standard InChI is InChI=1S/C20H27N3O3S2/c1-13(2)17-9-7-8-14(3)19(17)22-20(24)15(4)27-18-11-10-16(12-21-18)28(25,26)23(5)6/h7-13,15H,1-6H3,(H,22,24)/t15-/m0/s1. The van der Waals surface area contributed by atoms with E-state index in [2.05, 4.69) is 24.1 Å². The highest BCUT2D eigenvalue weighted by molar-refractivity contribution is 8.00. The Labute approximate surface area is 171 Å². The number of thioether (sulfide) groups is 1. The molecule has 2 rings (SSSR count). The molecular weight excluding hydrogens is 394 g/mol. The summed E-state index contributed by atoms with van der Waals surface area (Å²) in [5.74, 6) is 0.180. The lowest BCUT2D eigenvalue weighted by molar-refractivity contribution is -0.115. The topological polar surface area (TPSA) is 79.4 Å². The molecule has 1 aromatic carbocycles. The number of sulfonamides is 1. The third kappa shape index (κ3) is 5.12. The van der Waals surface area contributed by atoms with E-state index < -0.39 is 10.0 Å². The van der Waals surface area contributed by atoms with Gasteiger partial charge in [-0.05, 0) is 43.0 Å². The SMILES string of the molecule is Cc1cccc(C(C)C)c1NC(=O)[C@H](C)Sc1ccc(S(=O)(=O)N(C)C)cn1. The molecule has 0 bridgehead atoms. The quantitative estimate of drug-likeness (QED) is 0.686. The molecule has 0 unspecified atom stereocenters. The van der Waals surface area contributed by atoms with Crippen LogP contribution in [0.1, 0.15) is 37.8 Å². The van der Waals surface area contributed by atoms with Crippen molar-refractivity contribution in [1.29, 1.82) is 0 Å². The van der Waals surface area contributed by atoms with E-state index in [1.54, 1.807) is 13.0 Å². The van der Waals surface area contributed by atoms with Gasteiger partial charge in [0.15, 0.2) is 0 Å². The van der Waals surface area contributed by atoms with E-state index in [1.807, 2.05) is 25.1 Å². The van der Waals surface area contributed by atoms with Crippen molar-refractivity contribution in [3.8, 4) is 0 Å². The van der Waals surface area contributed by atoms with Gasteiger partial charge < -0.3 is 5.32 Å². The second-order valence-corrected chi connectivity index (χ2v) is 10.6. The zero-order valence-electron chi connectivity index (χ0n) is 17.1. The average Bonchev–Trinajstić information content (AvgIpc) is 2.63. The number of pyridine rings is 1. The minimum absolute atomic E-state index is 0.118. The second-order valence-electron chi connectivity index (χ2n) is 7.06. The number of aromatic nitrogens is 1. The lowest BCUT2D eigenvalue weighted by Gasteiger charge is -2.18. The van der Waals surface area contributed by atoms with Crippen molar-refractivity contribution in [2.24, 2.45) is 0 Å². The smallest absolute Gasteiger partial charge is 0.244 e. The number of hydrogen-bond donors (Lipinski definition) is 1. The van der Waals surface area contributed by atoms with Crippen LogP contribution < -0.4 is 5.32 Å². The third-order valence-corrected chi connectivity index (χ3v) is 7.18. The maximum Gasteiger partial charge on any atom is 0.244 e. The molecule has 0 fully saturated rings. The molecule has 1 heterocycles. The maximum absolute atomic E-state index is 12.7. The number of anilines is 1. The van der Waals surface area contributed by atoms with Crippen LogP contribution in [0.3, 0.4) is 0 Å². The number of rotatable bonds is 7. The monoisotopic (exact) mass is 421 g/mol. The number of para-hydroxylation sites is 1. The number of nitrogens with one attached hydrogen (secondary N) is 1. The van der Waals surface area contributed by atoms with Crippen molar-refractivity contribution in [2.45, 2.75) is 48.8 Å². The van der Waals surface area contributed by atoms with Gasteiger partial charge in [-0.15, -0.1) is 0 Å². The fraction of sp³-hybridized carbons (Fsp3) is 0.400. The highest BCUT2D eigenvalue weighted by Gasteiger charge is 2.20. The van der Waals surface area contributed by atoms with Crippen LogP contribution in [0.4, 0.5) is 5.69 Å². The highest BCUT2D eigenvalue weighted by Crippen LogP contribution is 2.29. The third-order valence-electron chi connectivity index (χ3n) is 4.33. The Kier molecular flexibility index (Phi) is 7.25. The molecule has 1 aromatic heterocycles. The van der Waals surface area contributed by atoms with Crippen LogP contribution in [0.25, 0.3) is 0 Å². The van der Waals surface area contributed by atoms with Gasteiger partial charge in [-0.2, -0.15) is 0 Å². The molecule has 28 heavy (non-hydrogen) atoms. The Morgan fingerprint density at radius 3 is 2.36 bits per heavy atom. The van der Waals surface area contributed by atoms with E-state index in [1.165, 1.54) is 38.1 Å². The first kappa shape index (κ1) is 22.4. The van der Waals surface area contributed by atoms with Gasteiger partial charge >= 0.3 is 0 Å². The first-order valence-electron chi connectivity index (χ1n) is 8.99. The maximum atomic E-state index is 12.7. The van der Waals surface area contributed by atoms with Crippen molar-refractivity contribution in [1.82, 2.24) is 9.29 Å². The summed E-state index contributed by atoms with van der Waals surface area (Å²) in [6.07, 6.45) is 1.32. The molecule has 0 aliphatic rings. The van der Waals surface area contributed by atoms with Gasteiger partial charge in [-0.3, -0.25) is 4.79 Å². The molecule has 0 aliphatic heterocycles. The van der Waals surface area contributed by atoms with Crippen LogP contribution in [0.5, 0.6) is 0 Å². The predicted molar refractivity (Wildman–Crippen MR) is 114 cm³/mol. The first-order chi connectivity index (χ1) is 13.0. The summed E-state index contributed by atoms with van der Waals surface area (Å²) in [6.45, 7) is 7.97. The predicted octanol–water partition coefficient (Wildman–Crippen LogP) is 3.88. The summed E-state index contributed by atoms with van der Waals surface area (Å²) in [6, 6.07) is 9.12. The molecule has 6 nitrogen and oxygen atoms in total. The molecule has 0 aliphatic carbocycles. The number of benzene rings is 1. The fourth-order valence-electron chi connectivity index (χ4n) is 2.60. The first-order valence-corrected chi connectivity index (χ1v) is 11.3. The number of hydrogen-bond acceptors (Lipinski definition) is 5. The van der Waals surface area contributed by atoms with E-state index in [-0.39, 0.29) is 16.1 Å². The summed E-state index contributed by atoms with van der Waals surface area (Å²) < 4.78 is 25.4. The molecule has 0 saturated heterocycles. The van der Waals surface area contributed by atoms with Crippen LogP contribution in [-0.4, -0.2) is 43.0 Å². The number of carbonyl (C=O) groups is 1. The summed E-state index contributed by atoms with van der Waals surface area (Å²) >= 11 is 1.29. The van der Waals surface area contributed by atoms with Crippen LogP contribution in [0, 0.1) is 6.92 Å². The fourth-order valence-corrected chi connectivity index (χ4v) is 4.24. The number of nitrogens with zero attached hydrogens (tertiary/aromatic N) is 2. The van der Waals surface area contributed by atoms with Gasteiger partial charge in [0.1, 0.15) is 4.90 Å². The second kappa shape index (κ2) is 9.07. The molecule has 152 valence electrons. The summed E-state index contributed by atoms with van der Waals surface area (Å²) in [7, 11) is -0.567. The Bertz CT molecular complexity index is 940. The lowest BCUT2D eigenvalue weighted by atomic mass is 9.98. The van der Waals surface area contributed by atoms with Crippen LogP contribution in [0.15, 0.2) is 46.5 Å². The molecule has 0 saturated carbocycles. The Morgan fingerprint density at radius 1 is 1.14 bits per heavy atom. The van der Waals surface area contributed by atoms with Crippen LogP contribution in [-0.2, 0) is 14.8 Å². The van der Waals surface area contributed by atoms with E-state index in [0.717, 1.165) is 21.1 Å². The molecule has 0 radical (unpaired) electrons. The van der Waals surface area contributed by atoms with E-state index in [0.29, 0.717) is 10.9 Å². The molecule has 1 amide bonds. The van der Waals surface area contributed by atoms with Gasteiger partial charge in [0.25, 0.3) is 0 Å². The van der Waals surface area contributed by atoms with Crippen molar-refractivity contribution in [2.75, 3.05) is 19.4 Å². The Morgan fingerprint density at radius 2 is 1.82 bits per heavy atom. The molecule has 8 heteroatoms. The summed E-state index contributed by atoms with van der Waals surface area (Å²) in [5.41, 5.74) is 2.98. The van der Waals surface area contributed by atoms with Crippen molar-refractivity contribution in [3.05, 3.63) is 47.7 Å². The average molecular weight is 422 g/mol. The van der Waals surface area contributed by atoms with Crippen molar-refractivity contribution < 1.29 is 13.2 Å². The molecule has 1 atom stereocenters. The number of carbonyl (C=O) groups excluding carboxylic acids is 1. The van der Waals surface area contributed by atoms with Gasteiger partial charge in [0.05, 0.1) is 10.3 Å². The summed E-state index contributed by atoms with van der Waals surface area (Å²) in [5, 5.41) is 3.25.